The molecule has 0 unspecified atom stereocenters. The zero-order valence-corrected chi connectivity index (χ0v) is 20.4. The maximum absolute atomic E-state index is 13.3. The van der Waals surface area contributed by atoms with Gasteiger partial charge >= 0.3 is 0 Å². The van der Waals surface area contributed by atoms with Crippen LogP contribution in [0.1, 0.15) is 16.7 Å². The van der Waals surface area contributed by atoms with Crippen molar-refractivity contribution in [2.24, 2.45) is 0 Å². The predicted octanol–water partition coefficient (Wildman–Crippen LogP) is 5.28. The van der Waals surface area contributed by atoms with Crippen molar-refractivity contribution in [3.05, 3.63) is 132 Å². The van der Waals surface area contributed by atoms with Gasteiger partial charge in [-0.05, 0) is 41.0 Å². The van der Waals surface area contributed by atoms with Crippen molar-refractivity contribution in [3.8, 4) is 0 Å². The van der Waals surface area contributed by atoms with Gasteiger partial charge in [0.15, 0.2) is 0 Å². The summed E-state index contributed by atoms with van der Waals surface area (Å²) in [5.74, 6) is 0.00992. The number of nitrogens with zero attached hydrogens (tertiary/aromatic N) is 2. The van der Waals surface area contributed by atoms with E-state index in [1.807, 2.05) is 77.7 Å². The molecule has 0 bridgehead atoms. The Bertz CT molecular complexity index is 1300. The number of rotatable bonds is 9. The molecule has 0 radical (unpaired) electrons. The highest BCUT2D eigenvalue weighted by atomic mass is 32.2. The summed E-state index contributed by atoms with van der Waals surface area (Å²) >= 11 is 0. The van der Waals surface area contributed by atoms with Crippen LogP contribution in [0.2, 0.25) is 0 Å². The van der Waals surface area contributed by atoms with Crippen LogP contribution in [-0.4, -0.2) is 26.3 Å². The number of anilines is 1. The van der Waals surface area contributed by atoms with Crippen molar-refractivity contribution in [2.75, 3.05) is 11.4 Å². The van der Waals surface area contributed by atoms with Crippen molar-refractivity contribution >= 4 is 21.6 Å². The van der Waals surface area contributed by atoms with E-state index in [2.05, 4.69) is 0 Å². The summed E-state index contributed by atoms with van der Waals surface area (Å²) in [5, 5.41) is 0. The molecule has 0 saturated carbocycles. The molecular formula is C29H28N2O3S. The molecule has 4 aromatic rings. The third-order valence-electron chi connectivity index (χ3n) is 5.84. The average molecular weight is 485 g/mol. The summed E-state index contributed by atoms with van der Waals surface area (Å²) in [6.07, 6.45) is 0.231. The van der Waals surface area contributed by atoms with Gasteiger partial charge < -0.3 is 4.90 Å². The van der Waals surface area contributed by atoms with Gasteiger partial charge in [0, 0.05) is 20.1 Å². The lowest BCUT2D eigenvalue weighted by Gasteiger charge is -2.24. The Balaban J connectivity index is 1.49. The van der Waals surface area contributed by atoms with Crippen molar-refractivity contribution in [2.45, 2.75) is 24.4 Å². The Hall–Kier alpha value is -3.90. The van der Waals surface area contributed by atoms with E-state index in [-0.39, 0.29) is 17.2 Å². The monoisotopic (exact) mass is 484 g/mol. The number of hydrogen-bond donors (Lipinski definition) is 0. The fourth-order valence-corrected chi connectivity index (χ4v) is 5.06. The highest BCUT2D eigenvalue weighted by Crippen LogP contribution is 2.23. The van der Waals surface area contributed by atoms with E-state index in [1.165, 1.54) is 11.4 Å². The fourth-order valence-electron chi connectivity index (χ4n) is 3.84. The van der Waals surface area contributed by atoms with E-state index in [4.69, 9.17) is 0 Å². The van der Waals surface area contributed by atoms with Crippen LogP contribution < -0.4 is 4.31 Å². The van der Waals surface area contributed by atoms with Crippen LogP contribution in [0.5, 0.6) is 0 Å². The number of amides is 1. The Labute approximate surface area is 207 Å². The minimum Gasteiger partial charge on any atom is -0.334 e. The van der Waals surface area contributed by atoms with Crippen LogP contribution in [0.15, 0.2) is 120 Å². The molecule has 0 atom stereocenters. The molecule has 1 amide bonds. The van der Waals surface area contributed by atoms with Crippen LogP contribution in [0.4, 0.5) is 5.69 Å². The molecule has 0 saturated heterocycles. The normalized spacial score (nSPS) is 11.1. The van der Waals surface area contributed by atoms with Crippen LogP contribution in [-0.2, 0) is 34.3 Å². The molecule has 5 nitrogen and oxygen atoms in total. The van der Waals surface area contributed by atoms with E-state index < -0.39 is 10.0 Å². The van der Waals surface area contributed by atoms with Crippen LogP contribution in [0, 0.1) is 0 Å². The van der Waals surface area contributed by atoms with E-state index in [1.54, 1.807) is 42.5 Å². The van der Waals surface area contributed by atoms with Crippen LogP contribution in [0.3, 0.4) is 0 Å². The topological polar surface area (TPSA) is 57.7 Å². The van der Waals surface area contributed by atoms with Gasteiger partial charge in [0.25, 0.3) is 10.0 Å². The SMILES string of the molecule is CN(c1ccc(CC(=O)N(Cc2ccccc2)Cc2ccccc2)cc1)S(=O)(=O)c1ccccc1. The second kappa shape index (κ2) is 11.0. The molecule has 0 aliphatic rings. The van der Waals surface area contributed by atoms with Gasteiger partial charge in [-0.1, -0.05) is 91.0 Å². The van der Waals surface area contributed by atoms with Gasteiger partial charge in [0.1, 0.15) is 0 Å². The van der Waals surface area contributed by atoms with Gasteiger partial charge in [0.2, 0.25) is 5.91 Å². The second-order valence-corrected chi connectivity index (χ2v) is 10.3. The first-order chi connectivity index (χ1) is 16.9. The number of sulfonamides is 1. The smallest absolute Gasteiger partial charge is 0.264 e. The Kier molecular flexibility index (Phi) is 7.63. The molecule has 0 aliphatic carbocycles. The van der Waals surface area contributed by atoms with Crippen LogP contribution in [0.25, 0.3) is 0 Å². The molecule has 0 N–H and O–H groups in total. The molecule has 178 valence electrons. The standard InChI is InChI=1S/C29H28N2O3S/c1-30(35(33,34)28-15-9-4-10-16-28)27-19-17-24(18-20-27)21-29(32)31(22-25-11-5-2-6-12-25)23-26-13-7-3-8-14-26/h2-20H,21-23H2,1H3. The van der Waals surface area contributed by atoms with Crippen LogP contribution >= 0.6 is 0 Å². The molecule has 0 spiro atoms. The van der Waals surface area contributed by atoms with Crippen molar-refractivity contribution < 1.29 is 13.2 Å². The molecule has 4 rings (SSSR count). The quantitative estimate of drug-likeness (QED) is 0.325. The van der Waals surface area contributed by atoms with Gasteiger partial charge in [-0.2, -0.15) is 0 Å². The van der Waals surface area contributed by atoms with E-state index >= 15 is 0 Å². The minimum atomic E-state index is -3.65. The Morgan fingerprint density at radius 2 is 1.09 bits per heavy atom. The first-order valence-corrected chi connectivity index (χ1v) is 12.9. The molecule has 0 fully saturated rings. The first kappa shape index (κ1) is 24.2. The highest BCUT2D eigenvalue weighted by Gasteiger charge is 2.21. The minimum absolute atomic E-state index is 0.00992. The Morgan fingerprint density at radius 1 is 0.629 bits per heavy atom. The number of carbonyl (C=O) groups excluding carboxylic acids is 1. The third kappa shape index (κ3) is 6.16. The molecule has 6 heteroatoms. The summed E-state index contributed by atoms with van der Waals surface area (Å²) in [6, 6.07) is 35.3. The highest BCUT2D eigenvalue weighted by molar-refractivity contribution is 7.92. The van der Waals surface area contributed by atoms with Crippen molar-refractivity contribution in [1.82, 2.24) is 4.90 Å². The second-order valence-electron chi connectivity index (χ2n) is 8.35. The van der Waals surface area contributed by atoms with Gasteiger partial charge in [-0.25, -0.2) is 8.42 Å². The summed E-state index contributed by atoms with van der Waals surface area (Å²) in [7, 11) is -2.12. The van der Waals surface area contributed by atoms with Gasteiger partial charge in [-0.15, -0.1) is 0 Å². The molecule has 4 aromatic carbocycles. The van der Waals surface area contributed by atoms with Gasteiger partial charge in [0.05, 0.1) is 17.0 Å². The average Bonchev–Trinajstić information content (AvgIpc) is 2.90. The summed E-state index contributed by atoms with van der Waals surface area (Å²) in [6.45, 7) is 1.04. The first-order valence-electron chi connectivity index (χ1n) is 11.4. The number of carbonyl (C=O) groups is 1. The summed E-state index contributed by atoms with van der Waals surface area (Å²) in [4.78, 5) is 15.4. The van der Waals surface area contributed by atoms with Gasteiger partial charge in [-0.3, -0.25) is 9.10 Å². The lowest BCUT2D eigenvalue weighted by atomic mass is 10.1. The maximum Gasteiger partial charge on any atom is 0.264 e. The maximum atomic E-state index is 13.3. The van der Waals surface area contributed by atoms with E-state index in [9.17, 15) is 13.2 Å². The summed E-state index contributed by atoms with van der Waals surface area (Å²) in [5.41, 5.74) is 3.51. The zero-order chi connectivity index (χ0) is 24.7. The largest absolute Gasteiger partial charge is 0.334 e. The number of hydrogen-bond acceptors (Lipinski definition) is 3. The lowest BCUT2D eigenvalue weighted by molar-refractivity contribution is -0.131. The fraction of sp³-hybridized carbons (Fsp3) is 0.138. The number of benzene rings is 4. The molecule has 0 aromatic heterocycles. The summed E-state index contributed by atoms with van der Waals surface area (Å²) < 4.78 is 27.0. The zero-order valence-electron chi connectivity index (χ0n) is 19.6. The molecule has 35 heavy (non-hydrogen) atoms. The Morgan fingerprint density at radius 3 is 1.57 bits per heavy atom. The van der Waals surface area contributed by atoms with Crippen molar-refractivity contribution in [1.29, 1.82) is 0 Å². The predicted molar refractivity (Wildman–Crippen MR) is 139 cm³/mol. The van der Waals surface area contributed by atoms with E-state index in [0.29, 0.717) is 18.8 Å². The molecular weight excluding hydrogens is 456 g/mol. The van der Waals surface area contributed by atoms with Crippen molar-refractivity contribution in [3.63, 3.8) is 0 Å². The van der Waals surface area contributed by atoms with E-state index in [0.717, 1.165) is 16.7 Å². The molecule has 0 aliphatic heterocycles. The molecule has 0 heterocycles. The third-order valence-corrected chi connectivity index (χ3v) is 7.64. The lowest BCUT2D eigenvalue weighted by Crippen LogP contribution is -2.31.